The van der Waals surface area contributed by atoms with Crippen molar-refractivity contribution in [3.8, 4) is 0 Å². The summed E-state index contributed by atoms with van der Waals surface area (Å²) in [6, 6.07) is 2.05. The van der Waals surface area contributed by atoms with Gasteiger partial charge in [0, 0.05) is 29.8 Å². The number of carbonyl (C=O) groups excluding carboxylic acids is 1. The average Bonchev–Trinajstić information content (AvgIpc) is 2.29. The molecule has 0 aromatic heterocycles. The van der Waals surface area contributed by atoms with Crippen LogP contribution in [0.3, 0.4) is 0 Å². The Kier molecular flexibility index (Phi) is 5.57. The summed E-state index contributed by atoms with van der Waals surface area (Å²) >= 11 is 2.81. The molecule has 0 bridgehead atoms. The van der Waals surface area contributed by atoms with Gasteiger partial charge in [-0.3, -0.25) is 4.79 Å². The summed E-state index contributed by atoms with van der Waals surface area (Å²) < 4.78 is 36.2. The molecule has 0 N–H and O–H groups in total. The third kappa shape index (κ3) is 4.17. The van der Waals surface area contributed by atoms with Crippen molar-refractivity contribution in [2.45, 2.75) is 18.7 Å². The third-order valence-electron chi connectivity index (χ3n) is 2.49. The molecule has 0 atom stereocenters. The summed E-state index contributed by atoms with van der Waals surface area (Å²) in [4.78, 5) is 13.1. The second-order valence-corrected chi connectivity index (χ2v) is 8.11. The van der Waals surface area contributed by atoms with E-state index in [9.17, 15) is 17.6 Å². The highest BCUT2D eigenvalue weighted by molar-refractivity contribution is 9.10. The standard InChI is InChI=1S/C12H14BrClFNO3S/c1-7(2)6-16(3)12(17)8-4-9(15)11(13)10(5-8)20(14,18)19/h4-5,7H,6H2,1-3H3. The van der Waals surface area contributed by atoms with Gasteiger partial charge in [-0.05, 0) is 34.0 Å². The first-order valence-corrected chi connectivity index (χ1v) is 8.83. The molecule has 4 nitrogen and oxygen atoms in total. The summed E-state index contributed by atoms with van der Waals surface area (Å²) in [6.07, 6.45) is 0. The van der Waals surface area contributed by atoms with Gasteiger partial charge in [-0.15, -0.1) is 0 Å². The van der Waals surface area contributed by atoms with E-state index in [1.54, 1.807) is 7.05 Å². The second kappa shape index (κ2) is 6.41. The van der Waals surface area contributed by atoms with Crippen LogP contribution in [-0.4, -0.2) is 32.8 Å². The number of rotatable bonds is 4. The molecule has 1 aromatic rings. The van der Waals surface area contributed by atoms with E-state index in [0.29, 0.717) is 6.54 Å². The van der Waals surface area contributed by atoms with Gasteiger partial charge in [-0.25, -0.2) is 12.8 Å². The molecular weight excluding hydrogens is 373 g/mol. The highest BCUT2D eigenvalue weighted by Crippen LogP contribution is 2.29. The molecule has 0 aliphatic rings. The van der Waals surface area contributed by atoms with E-state index in [0.717, 1.165) is 12.1 Å². The minimum Gasteiger partial charge on any atom is -0.341 e. The van der Waals surface area contributed by atoms with Crippen LogP contribution >= 0.6 is 26.6 Å². The molecule has 1 aromatic carbocycles. The van der Waals surface area contributed by atoms with E-state index < -0.39 is 25.7 Å². The molecule has 0 fully saturated rings. The molecule has 1 amide bonds. The van der Waals surface area contributed by atoms with Crippen LogP contribution < -0.4 is 0 Å². The number of halogens is 3. The first-order valence-electron chi connectivity index (χ1n) is 5.73. The largest absolute Gasteiger partial charge is 0.341 e. The van der Waals surface area contributed by atoms with Crippen LogP contribution in [0.1, 0.15) is 24.2 Å². The smallest absolute Gasteiger partial charge is 0.262 e. The lowest BCUT2D eigenvalue weighted by molar-refractivity contribution is 0.0778. The fourth-order valence-electron chi connectivity index (χ4n) is 1.72. The highest BCUT2D eigenvalue weighted by atomic mass is 79.9. The second-order valence-electron chi connectivity index (χ2n) is 4.79. The van der Waals surface area contributed by atoms with E-state index in [4.69, 9.17) is 10.7 Å². The number of hydrogen-bond donors (Lipinski definition) is 0. The van der Waals surface area contributed by atoms with Crippen molar-refractivity contribution in [3.63, 3.8) is 0 Å². The Bertz CT molecular complexity index is 634. The zero-order valence-electron chi connectivity index (χ0n) is 11.2. The quantitative estimate of drug-likeness (QED) is 0.747. The van der Waals surface area contributed by atoms with Gasteiger partial charge in [0.1, 0.15) is 10.7 Å². The lowest BCUT2D eigenvalue weighted by Gasteiger charge is -2.19. The van der Waals surface area contributed by atoms with Crippen LogP contribution in [0.4, 0.5) is 4.39 Å². The van der Waals surface area contributed by atoms with Crippen LogP contribution in [0.2, 0.25) is 0 Å². The van der Waals surface area contributed by atoms with Crippen molar-refractivity contribution in [2.75, 3.05) is 13.6 Å². The number of carbonyl (C=O) groups is 1. The maximum atomic E-state index is 13.7. The molecule has 1 rings (SSSR count). The maximum absolute atomic E-state index is 13.7. The lowest BCUT2D eigenvalue weighted by atomic mass is 10.1. The van der Waals surface area contributed by atoms with Crippen molar-refractivity contribution >= 4 is 41.6 Å². The number of benzene rings is 1. The van der Waals surface area contributed by atoms with E-state index in [-0.39, 0.29) is 16.0 Å². The summed E-state index contributed by atoms with van der Waals surface area (Å²) in [5, 5.41) is 0. The Morgan fingerprint density at radius 2 is 2.00 bits per heavy atom. The van der Waals surface area contributed by atoms with Gasteiger partial charge in [0.05, 0.1) is 4.47 Å². The van der Waals surface area contributed by atoms with Crippen LogP contribution in [0.15, 0.2) is 21.5 Å². The molecule has 0 aliphatic carbocycles. The number of hydrogen-bond acceptors (Lipinski definition) is 3. The van der Waals surface area contributed by atoms with Crippen LogP contribution in [-0.2, 0) is 9.05 Å². The van der Waals surface area contributed by atoms with Crippen molar-refractivity contribution in [1.29, 1.82) is 0 Å². The predicted molar refractivity (Wildman–Crippen MR) is 78.9 cm³/mol. The first-order chi connectivity index (χ1) is 9.04. The zero-order valence-corrected chi connectivity index (χ0v) is 14.3. The van der Waals surface area contributed by atoms with Crippen molar-refractivity contribution in [3.05, 3.63) is 28.0 Å². The topological polar surface area (TPSA) is 54.5 Å². The van der Waals surface area contributed by atoms with E-state index in [2.05, 4.69) is 15.9 Å². The molecule has 0 saturated carbocycles. The Labute approximate surface area is 130 Å². The van der Waals surface area contributed by atoms with Gasteiger partial charge in [0.25, 0.3) is 15.0 Å². The fraction of sp³-hybridized carbons (Fsp3) is 0.417. The molecule has 0 aliphatic heterocycles. The molecule has 20 heavy (non-hydrogen) atoms. The Balaban J connectivity index is 3.28. The molecule has 0 unspecified atom stereocenters. The summed E-state index contributed by atoms with van der Waals surface area (Å²) in [7, 11) is 2.65. The molecule has 0 spiro atoms. The van der Waals surface area contributed by atoms with E-state index >= 15 is 0 Å². The Morgan fingerprint density at radius 1 is 1.45 bits per heavy atom. The predicted octanol–water partition coefficient (Wildman–Crippen LogP) is 3.24. The molecule has 112 valence electrons. The molecule has 0 heterocycles. The van der Waals surface area contributed by atoms with Gasteiger partial charge >= 0.3 is 0 Å². The van der Waals surface area contributed by atoms with Crippen molar-refractivity contribution < 1.29 is 17.6 Å². The molecule has 0 saturated heterocycles. The van der Waals surface area contributed by atoms with Crippen LogP contribution in [0.25, 0.3) is 0 Å². The Morgan fingerprint density at radius 3 is 2.45 bits per heavy atom. The van der Waals surface area contributed by atoms with Crippen molar-refractivity contribution in [1.82, 2.24) is 4.90 Å². The van der Waals surface area contributed by atoms with E-state index in [1.165, 1.54) is 4.90 Å². The number of nitrogens with zero attached hydrogens (tertiary/aromatic N) is 1. The third-order valence-corrected chi connectivity index (χ3v) is 4.90. The van der Waals surface area contributed by atoms with Gasteiger partial charge in [0.15, 0.2) is 0 Å². The van der Waals surface area contributed by atoms with Gasteiger partial charge in [-0.2, -0.15) is 0 Å². The molecular formula is C12H14BrClFNO3S. The van der Waals surface area contributed by atoms with Crippen LogP contribution in [0.5, 0.6) is 0 Å². The normalized spacial score (nSPS) is 11.8. The van der Waals surface area contributed by atoms with E-state index in [1.807, 2.05) is 13.8 Å². The van der Waals surface area contributed by atoms with Gasteiger partial charge in [-0.1, -0.05) is 13.8 Å². The average molecular weight is 387 g/mol. The zero-order chi connectivity index (χ0) is 15.7. The minimum atomic E-state index is -4.15. The minimum absolute atomic E-state index is 0.0620. The van der Waals surface area contributed by atoms with Gasteiger partial charge < -0.3 is 4.90 Å². The fourth-order valence-corrected chi connectivity index (χ4v) is 3.81. The monoisotopic (exact) mass is 385 g/mol. The van der Waals surface area contributed by atoms with Crippen molar-refractivity contribution in [2.24, 2.45) is 5.92 Å². The first kappa shape index (κ1) is 17.4. The maximum Gasteiger partial charge on any atom is 0.262 e. The SMILES string of the molecule is CC(C)CN(C)C(=O)c1cc(F)c(Br)c(S(=O)(=O)Cl)c1. The molecule has 8 heteroatoms. The van der Waals surface area contributed by atoms with Gasteiger partial charge in [0.2, 0.25) is 0 Å². The van der Waals surface area contributed by atoms with Crippen LogP contribution in [0, 0.1) is 11.7 Å². The lowest BCUT2D eigenvalue weighted by Crippen LogP contribution is -2.30. The summed E-state index contributed by atoms with van der Waals surface area (Å²) in [6.45, 7) is 4.33. The highest BCUT2D eigenvalue weighted by Gasteiger charge is 2.22. The number of amides is 1. The molecule has 0 radical (unpaired) electrons. The Hall–Kier alpha value is -0.660. The summed E-state index contributed by atoms with van der Waals surface area (Å²) in [5.74, 6) is -1.08. The summed E-state index contributed by atoms with van der Waals surface area (Å²) in [5.41, 5.74) is -0.0620.